The van der Waals surface area contributed by atoms with Crippen molar-refractivity contribution in [3.8, 4) is 0 Å². The maximum atomic E-state index is 10.1. The molecule has 74 valence electrons. The second kappa shape index (κ2) is 2.29. The van der Waals surface area contributed by atoms with Crippen LogP contribution in [0.4, 0.5) is 0 Å². The average Bonchev–Trinajstić information content (AvgIpc) is 2.58. The highest BCUT2D eigenvalue weighted by Gasteiger charge is 2.66. The minimum absolute atomic E-state index is 0.118. The van der Waals surface area contributed by atoms with E-state index in [0.29, 0.717) is 5.41 Å². The number of hydrogen-bond donors (Lipinski definition) is 2. The van der Waals surface area contributed by atoms with Gasteiger partial charge in [-0.15, -0.1) is 0 Å². The van der Waals surface area contributed by atoms with Crippen LogP contribution in [0.1, 0.15) is 44.9 Å². The van der Waals surface area contributed by atoms with E-state index in [4.69, 9.17) is 0 Å². The van der Waals surface area contributed by atoms with Crippen molar-refractivity contribution in [1.29, 1.82) is 0 Å². The maximum absolute atomic E-state index is 10.1. The van der Waals surface area contributed by atoms with Crippen molar-refractivity contribution in [2.75, 3.05) is 0 Å². The molecule has 0 bridgehead atoms. The summed E-state index contributed by atoms with van der Waals surface area (Å²) < 4.78 is 0. The molecule has 2 unspecified atom stereocenters. The van der Waals surface area contributed by atoms with Gasteiger partial charge in [-0.3, -0.25) is 0 Å². The summed E-state index contributed by atoms with van der Waals surface area (Å²) in [6.45, 7) is 0. The molecule has 3 fully saturated rings. The largest absolute Gasteiger partial charge is 0.393 e. The van der Waals surface area contributed by atoms with Gasteiger partial charge >= 0.3 is 0 Å². The Morgan fingerprint density at radius 1 is 1.00 bits per heavy atom. The fourth-order valence-corrected chi connectivity index (χ4v) is 4.65. The number of rotatable bonds is 0. The number of aliphatic hydroxyl groups is 2. The molecule has 4 atom stereocenters. The molecule has 0 aromatic rings. The lowest BCUT2D eigenvalue weighted by Gasteiger charge is -2.35. The summed E-state index contributed by atoms with van der Waals surface area (Å²) in [4.78, 5) is 0. The summed E-state index contributed by atoms with van der Waals surface area (Å²) in [6, 6.07) is 0. The molecule has 0 radical (unpaired) electrons. The van der Waals surface area contributed by atoms with Crippen molar-refractivity contribution in [3.05, 3.63) is 0 Å². The number of hydrogen-bond acceptors (Lipinski definition) is 2. The van der Waals surface area contributed by atoms with Gasteiger partial charge in [0, 0.05) is 5.41 Å². The molecule has 0 aromatic carbocycles. The molecule has 3 aliphatic carbocycles. The zero-order valence-electron chi connectivity index (χ0n) is 8.00. The van der Waals surface area contributed by atoms with E-state index in [9.17, 15) is 10.2 Å². The van der Waals surface area contributed by atoms with E-state index in [2.05, 4.69) is 0 Å². The van der Waals surface area contributed by atoms with E-state index in [1.165, 1.54) is 12.8 Å². The molecule has 0 aromatic heterocycles. The standard InChI is InChI=1S/C11H18O2/c12-8-6-10-3-1-4-11(10,7-8)9(13)2-5-10/h8-9,12-13H,1-7H2/t8-,9+,10?,11?/m0/s1. The Morgan fingerprint density at radius 2 is 1.85 bits per heavy atom. The molecule has 2 heteroatoms. The monoisotopic (exact) mass is 182 g/mol. The van der Waals surface area contributed by atoms with Crippen LogP contribution in [0.3, 0.4) is 0 Å². The smallest absolute Gasteiger partial charge is 0.0602 e. The third kappa shape index (κ3) is 0.774. The first kappa shape index (κ1) is 8.25. The van der Waals surface area contributed by atoms with Crippen LogP contribution >= 0.6 is 0 Å². The van der Waals surface area contributed by atoms with Crippen LogP contribution in [-0.4, -0.2) is 22.4 Å². The van der Waals surface area contributed by atoms with Gasteiger partial charge < -0.3 is 10.2 Å². The van der Waals surface area contributed by atoms with Crippen LogP contribution in [0.25, 0.3) is 0 Å². The predicted molar refractivity (Wildman–Crippen MR) is 49.2 cm³/mol. The van der Waals surface area contributed by atoms with Gasteiger partial charge in [0.2, 0.25) is 0 Å². The Labute approximate surface area is 79.0 Å². The summed E-state index contributed by atoms with van der Waals surface area (Å²) in [5, 5.41) is 19.8. The maximum Gasteiger partial charge on any atom is 0.0602 e. The first-order chi connectivity index (χ1) is 6.19. The lowest BCUT2D eigenvalue weighted by Crippen LogP contribution is -2.34. The molecule has 0 amide bonds. The molecule has 3 aliphatic rings. The van der Waals surface area contributed by atoms with Crippen molar-refractivity contribution < 1.29 is 10.2 Å². The Hall–Kier alpha value is -0.0800. The highest BCUT2D eigenvalue weighted by molar-refractivity contribution is 5.16. The van der Waals surface area contributed by atoms with E-state index in [0.717, 1.165) is 32.1 Å². The Bertz CT molecular complexity index is 240. The predicted octanol–water partition coefficient (Wildman–Crippen LogP) is 1.45. The van der Waals surface area contributed by atoms with Crippen molar-refractivity contribution in [2.45, 2.75) is 57.2 Å². The quantitative estimate of drug-likeness (QED) is 0.595. The topological polar surface area (TPSA) is 40.5 Å². The zero-order valence-corrected chi connectivity index (χ0v) is 8.00. The van der Waals surface area contributed by atoms with Crippen LogP contribution in [0.15, 0.2) is 0 Å². The molecular formula is C11H18O2. The average molecular weight is 182 g/mol. The van der Waals surface area contributed by atoms with Crippen molar-refractivity contribution in [2.24, 2.45) is 10.8 Å². The molecule has 3 saturated carbocycles. The minimum atomic E-state index is -0.129. The summed E-state index contributed by atoms with van der Waals surface area (Å²) in [5.74, 6) is 0. The molecule has 2 nitrogen and oxygen atoms in total. The lowest BCUT2D eigenvalue weighted by molar-refractivity contribution is 0.0128. The minimum Gasteiger partial charge on any atom is -0.393 e. The summed E-state index contributed by atoms with van der Waals surface area (Å²) in [5.41, 5.74) is 0.470. The van der Waals surface area contributed by atoms with Gasteiger partial charge in [-0.05, 0) is 43.9 Å². The van der Waals surface area contributed by atoms with Crippen molar-refractivity contribution in [3.63, 3.8) is 0 Å². The molecule has 0 spiro atoms. The lowest BCUT2D eigenvalue weighted by atomic mass is 9.70. The van der Waals surface area contributed by atoms with Crippen molar-refractivity contribution >= 4 is 0 Å². The summed E-state index contributed by atoms with van der Waals surface area (Å²) in [6.07, 6.45) is 7.40. The molecule has 3 rings (SSSR count). The summed E-state index contributed by atoms with van der Waals surface area (Å²) >= 11 is 0. The van der Waals surface area contributed by atoms with E-state index in [1.807, 2.05) is 0 Å². The van der Waals surface area contributed by atoms with Crippen molar-refractivity contribution in [1.82, 2.24) is 0 Å². The van der Waals surface area contributed by atoms with Gasteiger partial charge in [-0.2, -0.15) is 0 Å². The van der Waals surface area contributed by atoms with E-state index < -0.39 is 0 Å². The fraction of sp³-hybridized carbons (Fsp3) is 1.00. The van der Waals surface area contributed by atoms with Crippen LogP contribution < -0.4 is 0 Å². The van der Waals surface area contributed by atoms with E-state index in [-0.39, 0.29) is 17.6 Å². The van der Waals surface area contributed by atoms with E-state index >= 15 is 0 Å². The normalized spacial score (nSPS) is 59.5. The number of aliphatic hydroxyl groups excluding tert-OH is 2. The third-order valence-electron chi connectivity index (χ3n) is 5.09. The molecule has 0 aliphatic heterocycles. The highest BCUT2D eigenvalue weighted by Crippen LogP contribution is 2.70. The van der Waals surface area contributed by atoms with Crippen LogP contribution in [0.2, 0.25) is 0 Å². The Kier molecular flexibility index (Phi) is 1.45. The van der Waals surface area contributed by atoms with Crippen LogP contribution in [-0.2, 0) is 0 Å². The fourth-order valence-electron chi connectivity index (χ4n) is 4.65. The van der Waals surface area contributed by atoms with Gasteiger partial charge in [0.05, 0.1) is 12.2 Å². The second-order valence-corrected chi connectivity index (χ2v) is 5.41. The molecule has 2 N–H and O–H groups in total. The first-order valence-corrected chi connectivity index (χ1v) is 5.55. The molecule has 0 saturated heterocycles. The van der Waals surface area contributed by atoms with E-state index in [1.54, 1.807) is 0 Å². The van der Waals surface area contributed by atoms with Crippen LogP contribution in [0.5, 0.6) is 0 Å². The van der Waals surface area contributed by atoms with Gasteiger partial charge in [0.25, 0.3) is 0 Å². The zero-order chi connectivity index (χ0) is 9.10. The van der Waals surface area contributed by atoms with Gasteiger partial charge in [-0.1, -0.05) is 6.42 Å². The van der Waals surface area contributed by atoms with Gasteiger partial charge in [-0.25, -0.2) is 0 Å². The molecular weight excluding hydrogens is 164 g/mol. The first-order valence-electron chi connectivity index (χ1n) is 5.55. The van der Waals surface area contributed by atoms with Gasteiger partial charge in [0.1, 0.15) is 0 Å². The third-order valence-corrected chi connectivity index (χ3v) is 5.09. The highest BCUT2D eigenvalue weighted by atomic mass is 16.3. The second-order valence-electron chi connectivity index (χ2n) is 5.41. The molecule has 0 heterocycles. The Morgan fingerprint density at radius 3 is 2.62 bits per heavy atom. The summed E-state index contributed by atoms with van der Waals surface area (Å²) in [7, 11) is 0. The van der Waals surface area contributed by atoms with Gasteiger partial charge in [0.15, 0.2) is 0 Å². The Balaban J connectivity index is 2.05. The molecule has 13 heavy (non-hydrogen) atoms. The SMILES string of the molecule is O[C@H]1CC23CCCC2(C1)[C@H](O)CC3. The van der Waals surface area contributed by atoms with Crippen LogP contribution in [0, 0.1) is 10.8 Å².